The number of nitrogens with one attached hydrogen (secondary N) is 1. The second-order valence-corrected chi connectivity index (χ2v) is 4.64. The van der Waals surface area contributed by atoms with Gasteiger partial charge in [-0.3, -0.25) is 9.59 Å². The van der Waals surface area contributed by atoms with Crippen LogP contribution < -0.4 is 5.32 Å². The molecule has 94 valence electrons. The highest BCUT2D eigenvalue weighted by atomic mass is 32.1. The van der Waals surface area contributed by atoms with Crippen molar-refractivity contribution in [3.05, 3.63) is 11.6 Å². The van der Waals surface area contributed by atoms with E-state index in [1.165, 1.54) is 11.3 Å². The summed E-state index contributed by atoms with van der Waals surface area (Å²) in [4.78, 5) is 26.3. The second-order valence-electron chi connectivity index (χ2n) is 3.75. The van der Waals surface area contributed by atoms with Crippen molar-refractivity contribution in [1.82, 2.24) is 4.98 Å². The van der Waals surface area contributed by atoms with Crippen molar-refractivity contribution in [2.75, 3.05) is 5.32 Å². The predicted octanol–water partition coefficient (Wildman–Crippen LogP) is 2.36. The number of anilines is 1. The first-order valence-corrected chi connectivity index (χ1v) is 6.43. The third kappa shape index (κ3) is 4.95. The summed E-state index contributed by atoms with van der Waals surface area (Å²) in [6, 6.07) is 0. The summed E-state index contributed by atoms with van der Waals surface area (Å²) in [5.41, 5.74) is 0. The van der Waals surface area contributed by atoms with Crippen LogP contribution in [-0.2, 0) is 9.59 Å². The maximum atomic E-state index is 11.5. The van der Waals surface area contributed by atoms with Gasteiger partial charge >= 0.3 is 5.97 Å². The number of hydrogen-bond donors (Lipinski definition) is 2. The Balaban J connectivity index is 2.33. The largest absolute Gasteiger partial charge is 0.481 e. The number of thiazole rings is 1. The van der Waals surface area contributed by atoms with Crippen LogP contribution in [0.3, 0.4) is 0 Å². The number of amides is 1. The number of hydrogen-bond acceptors (Lipinski definition) is 4. The third-order valence-corrected chi connectivity index (χ3v) is 3.07. The van der Waals surface area contributed by atoms with Gasteiger partial charge in [0.2, 0.25) is 5.91 Å². The van der Waals surface area contributed by atoms with Crippen LogP contribution in [0, 0.1) is 5.92 Å². The Hall–Kier alpha value is -1.43. The molecule has 0 saturated heterocycles. The number of carboxylic acid groups (broad SMARTS) is 1. The molecule has 5 nitrogen and oxygen atoms in total. The van der Waals surface area contributed by atoms with Crippen LogP contribution in [0.5, 0.6) is 0 Å². The quantitative estimate of drug-likeness (QED) is 0.785. The summed E-state index contributed by atoms with van der Waals surface area (Å²) in [5.74, 6) is -1.43. The molecule has 1 atom stereocenters. The fraction of sp³-hybridized carbons (Fsp3) is 0.545. The number of carbonyl (C=O) groups excluding carboxylic acids is 1. The summed E-state index contributed by atoms with van der Waals surface area (Å²) in [7, 11) is 0. The monoisotopic (exact) mass is 256 g/mol. The van der Waals surface area contributed by atoms with Crippen molar-refractivity contribution in [2.45, 2.75) is 32.6 Å². The number of rotatable bonds is 7. The second kappa shape index (κ2) is 7.01. The molecular weight excluding hydrogens is 240 g/mol. The maximum absolute atomic E-state index is 11.5. The van der Waals surface area contributed by atoms with Gasteiger partial charge in [-0.1, -0.05) is 13.3 Å². The topological polar surface area (TPSA) is 79.3 Å². The van der Waals surface area contributed by atoms with E-state index in [0.717, 1.165) is 6.42 Å². The molecule has 2 N–H and O–H groups in total. The van der Waals surface area contributed by atoms with Gasteiger partial charge in [0.05, 0.1) is 5.92 Å². The normalized spacial score (nSPS) is 12.1. The molecule has 0 saturated carbocycles. The van der Waals surface area contributed by atoms with Crippen molar-refractivity contribution in [1.29, 1.82) is 0 Å². The van der Waals surface area contributed by atoms with Gasteiger partial charge in [-0.25, -0.2) is 4.98 Å². The Morgan fingerprint density at radius 2 is 2.29 bits per heavy atom. The molecule has 0 aliphatic heterocycles. The van der Waals surface area contributed by atoms with Crippen molar-refractivity contribution in [3.8, 4) is 0 Å². The molecule has 0 unspecified atom stereocenters. The minimum atomic E-state index is -0.825. The molecule has 1 aromatic rings. The Bertz CT molecular complexity index is 365. The van der Waals surface area contributed by atoms with Crippen LogP contribution >= 0.6 is 11.3 Å². The summed E-state index contributed by atoms with van der Waals surface area (Å²) in [5, 5.41) is 13.9. The summed E-state index contributed by atoms with van der Waals surface area (Å²) >= 11 is 1.34. The van der Waals surface area contributed by atoms with E-state index in [4.69, 9.17) is 5.11 Å². The van der Waals surface area contributed by atoms with E-state index in [-0.39, 0.29) is 12.3 Å². The first-order chi connectivity index (χ1) is 8.13. The zero-order valence-corrected chi connectivity index (χ0v) is 10.5. The van der Waals surface area contributed by atoms with Crippen LogP contribution in [0.25, 0.3) is 0 Å². The third-order valence-electron chi connectivity index (χ3n) is 2.38. The predicted molar refractivity (Wildman–Crippen MR) is 66.0 cm³/mol. The highest BCUT2D eigenvalue weighted by Crippen LogP contribution is 2.15. The molecule has 1 amide bonds. The lowest BCUT2D eigenvalue weighted by atomic mass is 9.98. The van der Waals surface area contributed by atoms with Crippen LogP contribution in [0.1, 0.15) is 32.6 Å². The summed E-state index contributed by atoms with van der Waals surface area (Å²) in [6.45, 7) is 1.94. The fourth-order valence-electron chi connectivity index (χ4n) is 1.51. The minimum Gasteiger partial charge on any atom is -0.481 e. The summed E-state index contributed by atoms with van der Waals surface area (Å²) < 4.78 is 0. The van der Waals surface area contributed by atoms with Crippen LogP contribution in [0.4, 0.5) is 5.13 Å². The molecule has 0 aromatic carbocycles. The average Bonchev–Trinajstić information content (AvgIpc) is 2.76. The molecule has 1 rings (SSSR count). The Morgan fingerprint density at radius 3 is 2.82 bits per heavy atom. The van der Waals surface area contributed by atoms with Gasteiger partial charge in [0, 0.05) is 18.0 Å². The zero-order valence-electron chi connectivity index (χ0n) is 9.68. The molecule has 1 aromatic heterocycles. The van der Waals surface area contributed by atoms with Crippen molar-refractivity contribution < 1.29 is 14.7 Å². The van der Waals surface area contributed by atoms with Gasteiger partial charge in [0.25, 0.3) is 0 Å². The van der Waals surface area contributed by atoms with Crippen LogP contribution in [0.15, 0.2) is 11.6 Å². The number of aromatic nitrogens is 1. The molecule has 6 heteroatoms. The average molecular weight is 256 g/mol. The van der Waals surface area contributed by atoms with Gasteiger partial charge < -0.3 is 10.4 Å². The Labute approximate surface area is 104 Å². The first-order valence-electron chi connectivity index (χ1n) is 5.55. The Morgan fingerprint density at radius 1 is 1.53 bits per heavy atom. The number of nitrogens with zero attached hydrogens (tertiary/aromatic N) is 1. The molecule has 0 fully saturated rings. The lowest BCUT2D eigenvalue weighted by molar-refractivity contribution is -0.142. The minimum absolute atomic E-state index is 0.178. The van der Waals surface area contributed by atoms with Gasteiger partial charge in [-0.2, -0.15) is 0 Å². The summed E-state index contributed by atoms with van der Waals surface area (Å²) in [6.07, 6.45) is 3.62. The molecule has 0 aliphatic carbocycles. The lowest BCUT2D eigenvalue weighted by Gasteiger charge is -2.10. The van der Waals surface area contributed by atoms with Crippen LogP contribution in [0.2, 0.25) is 0 Å². The molecule has 0 aliphatic rings. The van der Waals surface area contributed by atoms with Crippen LogP contribution in [-0.4, -0.2) is 22.0 Å². The van der Waals surface area contributed by atoms with E-state index < -0.39 is 11.9 Å². The molecule has 0 radical (unpaired) electrons. The molecule has 0 spiro atoms. The smallest absolute Gasteiger partial charge is 0.306 e. The molecule has 17 heavy (non-hydrogen) atoms. The molecule has 1 heterocycles. The van der Waals surface area contributed by atoms with E-state index in [1.807, 2.05) is 6.92 Å². The number of carboxylic acids is 1. The highest BCUT2D eigenvalue weighted by Gasteiger charge is 2.17. The molecule has 0 bridgehead atoms. The fourth-order valence-corrected chi connectivity index (χ4v) is 2.06. The lowest BCUT2D eigenvalue weighted by Crippen LogP contribution is -2.18. The van der Waals surface area contributed by atoms with Crippen molar-refractivity contribution in [3.63, 3.8) is 0 Å². The number of carbonyl (C=O) groups is 2. The van der Waals surface area contributed by atoms with Gasteiger partial charge in [-0.15, -0.1) is 11.3 Å². The van der Waals surface area contributed by atoms with E-state index in [9.17, 15) is 9.59 Å². The van der Waals surface area contributed by atoms with E-state index in [1.54, 1.807) is 11.6 Å². The standard InChI is InChI=1S/C11H16N2O3S/c1-2-3-8(10(15)16)4-5-9(14)13-11-12-6-7-17-11/h6-8H,2-5H2,1H3,(H,15,16)(H,12,13,14)/t8-/m0/s1. The van der Waals surface area contributed by atoms with E-state index in [2.05, 4.69) is 10.3 Å². The van der Waals surface area contributed by atoms with Crippen molar-refractivity contribution in [2.24, 2.45) is 5.92 Å². The molecular formula is C11H16N2O3S. The van der Waals surface area contributed by atoms with Gasteiger partial charge in [0.15, 0.2) is 5.13 Å². The van der Waals surface area contributed by atoms with E-state index >= 15 is 0 Å². The number of aliphatic carboxylic acids is 1. The first kappa shape index (κ1) is 13.6. The maximum Gasteiger partial charge on any atom is 0.306 e. The Kier molecular flexibility index (Phi) is 5.62. The van der Waals surface area contributed by atoms with Gasteiger partial charge in [-0.05, 0) is 12.8 Å². The SMILES string of the molecule is CCC[C@@H](CCC(=O)Nc1nccs1)C(=O)O. The van der Waals surface area contributed by atoms with Crippen molar-refractivity contribution >= 4 is 28.3 Å². The zero-order chi connectivity index (χ0) is 12.7. The van der Waals surface area contributed by atoms with E-state index in [0.29, 0.717) is 18.0 Å². The highest BCUT2D eigenvalue weighted by molar-refractivity contribution is 7.13. The van der Waals surface area contributed by atoms with Gasteiger partial charge in [0.1, 0.15) is 0 Å².